The number of esters is 1. The summed E-state index contributed by atoms with van der Waals surface area (Å²) in [6, 6.07) is -0.212. The van der Waals surface area contributed by atoms with Gasteiger partial charge in [0.15, 0.2) is 0 Å². The lowest BCUT2D eigenvalue weighted by Gasteiger charge is -2.19. The molecule has 0 fully saturated rings. The van der Waals surface area contributed by atoms with Crippen molar-refractivity contribution >= 4 is 12.0 Å². The van der Waals surface area contributed by atoms with Crippen LogP contribution < -0.4 is 5.32 Å². The third kappa shape index (κ3) is 5.93. The molecule has 0 aromatic heterocycles. The first-order valence-electron chi connectivity index (χ1n) is 5.25. The van der Waals surface area contributed by atoms with Crippen molar-refractivity contribution in [2.24, 2.45) is 0 Å². The number of likely N-dealkylation sites (N-methyl/N-ethyl adjacent to an activating group) is 1. The average Bonchev–Trinajstić information content (AvgIpc) is 2.25. The van der Waals surface area contributed by atoms with Crippen LogP contribution in [-0.2, 0) is 9.53 Å². The molecule has 0 spiro atoms. The molecule has 0 aliphatic heterocycles. The van der Waals surface area contributed by atoms with Gasteiger partial charge in [0.1, 0.15) is 6.54 Å². The van der Waals surface area contributed by atoms with Crippen LogP contribution in [0.5, 0.6) is 0 Å². The van der Waals surface area contributed by atoms with E-state index >= 15 is 0 Å². The molecule has 0 unspecified atom stereocenters. The fourth-order valence-corrected chi connectivity index (χ4v) is 1.03. The number of methoxy groups -OCH3 is 1. The first kappa shape index (κ1) is 13.7. The van der Waals surface area contributed by atoms with Crippen molar-refractivity contribution in [2.45, 2.75) is 26.7 Å². The Hall–Kier alpha value is -1.26. The van der Waals surface area contributed by atoms with Crippen molar-refractivity contribution in [3.63, 3.8) is 0 Å². The molecule has 0 bridgehead atoms. The summed E-state index contributed by atoms with van der Waals surface area (Å²) in [6.07, 6.45) is 1.98. The minimum Gasteiger partial charge on any atom is -0.468 e. The van der Waals surface area contributed by atoms with Crippen LogP contribution in [0.15, 0.2) is 0 Å². The highest BCUT2D eigenvalue weighted by molar-refractivity contribution is 5.80. The Balaban J connectivity index is 3.93. The first-order valence-corrected chi connectivity index (χ1v) is 5.25. The topological polar surface area (TPSA) is 58.6 Å². The molecule has 88 valence electrons. The molecule has 0 saturated carbocycles. The zero-order chi connectivity index (χ0) is 11.7. The lowest BCUT2D eigenvalue weighted by Crippen LogP contribution is -2.43. The van der Waals surface area contributed by atoms with E-state index < -0.39 is 5.97 Å². The number of hydrogen-bond donors (Lipinski definition) is 1. The average molecular weight is 216 g/mol. The van der Waals surface area contributed by atoms with Gasteiger partial charge in [0.25, 0.3) is 0 Å². The Morgan fingerprint density at radius 3 is 2.47 bits per heavy atom. The molecule has 0 saturated heterocycles. The van der Waals surface area contributed by atoms with Gasteiger partial charge in [-0.25, -0.2) is 4.79 Å². The summed E-state index contributed by atoms with van der Waals surface area (Å²) < 4.78 is 4.50. The molecule has 0 radical (unpaired) electrons. The van der Waals surface area contributed by atoms with Gasteiger partial charge >= 0.3 is 12.0 Å². The first-order chi connectivity index (χ1) is 7.15. The smallest absolute Gasteiger partial charge is 0.325 e. The highest BCUT2D eigenvalue weighted by atomic mass is 16.5. The molecule has 5 heteroatoms. The third-order valence-electron chi connectivity index (χ3n) is 2.02. The predicted octanol–water partition coefficient (Wildman–Crippen LogP) is 0.991. The lowest BCUT2D eigenvalue weighted by molar-refractivity contribution is -0.141. The molecule has 5 nitrogen and oxygen atoms in total. The minimum absolute atomic E-state index is 0.00492. The minimum atomic E-state index is -0.400. The maximum Gasteiger partial charge on any atom is 0.325 e. The van der Waals surface area contributed by atoms with Gasteiger partial charge in [0.05, 0.1) is 7.11 Å². The van der Waals surface area contributed by atoms with Gasteiger partial charge in [0.2, 0.25) is 0 Å². The van der Waals surface area contributed by atoms with Crippen LogP contribution in [0.3, 0.4) is 0 Å². The number of hydrogen-bond acceptors (Lipinski definition) is 3. The van der Waals surface area contributed by atoms with E-state index in [0.717, 1.165) is 12.8 Å². The van der Waals surface area contributed by atoms with Gasteiger partial charge in [-0.05, 0) is 13.3 Å². The zero-order valence-corrected chi connectivity index (χ0v) is 9.71. The van der Waals surface area contributed by atoms with Gasteiger partial charge in [-0.15, -0.1) is 0 Å². The Morgan fingerprint density at radius 2 is 2.00 bits per heavy atom. The second-order valence-electron chi connectivity index (χ2n) is 3.18. The quantitative estimate of drug-likeness (QED) is 0.532. The molecule has 0 aromatic rings. The molecule has 0 rings (SSSR count). The number of urea groups is 1. The van der Waals surface area contributed by atoms with Crippen molar-refractivity contribution in [1.29, 1.82) is 0 Å². The largest absolute Gasteiger partial charge is 0.468 e. The van der Waals surface area contributed by atoms with E-state index in [1.54, 1.807) is 0 Å². The van der Waals surface area contributed by atoms with E-state index in [1.165, 1.54) is 12.0 Å². The molecule has 2 amide bonds. The standard InChI is InChI=1S/C10H20N2O3/c1-4-6-7-11-10(14)12(5-2)8-9(13)15-3/h4-8H2,1-3H3,(H,11,14). The van der Waals surface area contributed by atoms with E-state index in [-0.39, 0.29) is 12.6 Å². The molecular formula is C10H20N2O3. The third-order valence-corrected chi connectivity index (χ3v) is 2.02. The normalized spacial score (nSPS) is 9.53. The Labute approximate surface area is 90.8 Å². The summed E-state index contributed by atoms with van der Waals surface area (Å²) in [4.78, 5) is 23.9. The van der Waals surface area contributed by atoms with Crippen molar-refractivity contribution in [3.8, 4) is 0 Å². The van der Waals surface area contributed by atoms with Crippen LogP contribution in [0, 0.1) is 0 Å². The summed E-state index contributed by atoms with van der Waals surface area (Å²) in [5, 5.41) is 2.74. The van der Waals surface area contributed by atoms with Crippen LogP contribution in [0.2, 0.25) is 0 Å². The SMILES string of the molecule is CCCCNC(=O)N(CC)CC(=O)OC. The van der Waals surface area contributed by atoms with Crippen LogP contribution in [0.1, 0.15) is 26.7 Å². The van der Waals surface area contributed by atoms with E-state index in [2.05, 4.69) is 17.0 Å². The molecule has 0 aliphatic rings. The van der Waals surface area contributed by atoms with Crippen molar-refractivity contribution in [2.75, 3.05) is 26.7 Å². The number of unbranched alkanes of at least 4 members (excludes halogenated alkanes) is 1. The van der Waals surface area contributed by atoms with Gasteiger partial charge in [-0.3, -0.25) is 4.79 Å². The van der Waals surface area contributed by atoms with E-state index in [0.29, 0.717) is 13.1 Å². The summed E-state index contributed by atoms with van der Waals surface area (Å²) in [7, 11) is 1.31. The number of ether oxygens (including phenoxy) is 1. The monoisotopic (exact) mass is 216 g/mol. The van der Waals surface area contributed by atoms with Crippen molar-refractivity contribution in [3.05, 3.63) is 0 Å². The molecular weight excluding hydrogens is 196 g/mol. The van der Waals surface area contributed by atoms with Crippen LogP contribution in [0.25, 0.3) is 0 Å². The predicted molar refractivity (Wildman–Crippen MR) is 57.6 cm³/mol. The highest BCUT2D eigenvalue weighted by Gasteiger charge is 2.14. The van der Waals surface area contributed by atoms with Crippen molar-refractivity contribution < 1.29 is 14.3 Å². The fraction of sp³-hybridized carbons (Fsp3) is 0.800. The summed E-state index contributed by atoms with van der Waals surface area (Å²) in [5.74, 6) is -0.400. The Kier molecular flexibility index (Phi) is 7.40. The van der Waals surface area contributed by atoms with Crippen LogP contribution in [-0.4, -0.2) is 43.6 Å². The zero-order valence-electron chi connectivity index (χ0n) is 9.71. The van der Waals surface area contributed by atoms with Gasteiger partial charge in [-0.2, -0.15) is 0 Å². The number of rotatable bonds is 6. The second-order valence-corrected chi connectivity index (χ2v) is 3.18. The lowest BCUT2D eigenvalue weighted by atomic mass is 10.3. The molecule has 0 aromatic carbocycles. The number of carbonyl (C=O) groups excluding carboxylic acids is 2. The summed E-state index contributed by atoms with van der Waals surface area (Å²) in [6.45, 7) is 5.02. The van der Waals surface area contributed by atoms with Gasteiger partial charge < -0.3 is 15.0 Å². The number of amides is 2. The molecule has 1 N–H and O–H groups in total. The maximum atomic E-state index is 11.5. The molecule has 0 aliphatic carbocycles. The number of carbonyl (C=O) groups is 2. The van der Waals surface area contributed by atoms with E-state index in [1.807, 2.05) is 6.92 Å². The van der Waals surface area contributed by atoms with Crippen molar-refractivity contribution in [1.82, 2.24) is 10.2 Å². The Bertz CT molecular complexity index is 207. The number of nitrogens with one attached hydrogen (secondary N) is 1. The van der Waals surface area contributed by atoms with Gasteiger partial charge in [-0.1, -0.05) is 13.3 Å². The maximum absolute atomic E-state index is 11.5. The summed E-state index contributed by atoms with van der Waals surface area (Å²) >= 11 is 0. The molecule has 15 heavy (non-hydrogen) atoms. The second kappa shape index (κ2) is 8.08. The van der Waals surface area contributed by atoms with Crippen LogP contribution >= 0.6 is 0 Å². The van der Waals surface area contributed by atoms with E-state index in [9.17, 15) is 9.59 Å². The number of nitrogens with zero attached hydrogens (tertiary/aromatic N) is 1. The summed E-state index contributed by atoms with van der Waals surface area (Å²) in [5.41, 5.74) is 0. The Morgan fingerprint density at radius 1 is 1.33 bits per heavy atom. The molecule has 0 atom stereocenters. The molecule has 0 heterocycles. The van der Waals surface area contributed by atoms with E-state index in [4.69, 9.17) is 0 Å². The fourth-order valence-electron chi connectivity index (χ4n) is 1.03. The van der Waals surface area contributed by atoms with Crippen LogP contribution in [0.4, 0.5) is 4.79 Å². The highest BCUT2D eigenvalue weighted by Crippen LogP contribution is 1.91. The van der Waals surface area contributed by atoms with Gasteiger partial charge in [0, 0.05) is 13.1 Å².